The van der Waals surface area contributed by atoms with Gasteiger partial charge in [0.15, 0.2) is 5.72 Å². The fraction of sp³-hybridized carbons (Fsp3) is 0.581. The average Bonchev–Trinajstić information content (AvgIpc) is 3.66. The number of carbonyl (C=O) groups excluding carboxylic acids is 3. The Morgan fingerprint density at radius 3 is 2.65 bits per heavy atom. The third-order valence-corrected chi connectivity index (χ3v) is 8.89. The van der Waals surface area contributed by atoms with Crippen molar-refractivity contribution in [2.75, 3.05) is 26.2 Å². The number of rotatable bonds is 4. The minimum absolute atomic E-state index is 0.00655. The van der Waals surface area contributed by atoms with Gasteiger partial charge in [-0.2, -0.15) is 0 Å². The Morgan fingerprint density at radius 2 is 2.00 bits per heavy atom. The zero-order chi connectivity index (χ0) is 31.7. The molecule has 7 atom stereocenters. The summed E-state index contributed by atoms with van der Waals surface area (Å²) in [4.78, 5) is 40.2. The van der Waals surface area contributed by atoms with Crippen molar-refractivity contribution in [1.82, 2.24) is 5.32 Å². The first-order valence-electron chi connectivity index (χ1n) is 14.3. The molecule has 4 rings (SSSR count). The second-order valence-electron chi connectivity index (χ2n) is 11.6. The Kier molecular flexibility index (Phi) is 9.80. The van der Waals surface area contributed by atoms with E-state index < -0.39 is 53.7 Å². The summed E-state index contributed by atoms with van der Waals surface area (Å²) in [6.45, 7) is 7.20. The largest absolute Gasteiger partial charge is 0.495 e. The Morgan fingerprint density at radius 1 is 1.28 bits per heavy atom. The molecule has 1 aromatic rings. The summed E-state index contributed by atoms with van der Waals surface area (Å²) in [5, 5.41) is 14.3. The second-order valence-corrected chi connectivity index (χ2v) is 12.0. The first-order chi connectivity index (χ1) is 20.3. The van der Waals surface area contributed by atoms with Crippen LogP contribution in [0.5, 0.6) is 5.75 Å². The number of ether oxygens (including phenoxy) is 5. The quantitative estimate of drug-likeness (QED) is 0.377. The summed E-state index contributed by atoms with van der Waals surface area (Å²) < 4.78 is 28.6. The van der Waals surface area contributed by atoms with E-state index >= 15 is 0 Å². The van der Waals surface area contributed by atoms with Gasteiger partial charge in [0, 0.05) is 32.9 Å². The SMILES string of the molecule is CCC(=O)O[C@@H]1CC(=O)N(C)c2cc(cc(OC)c2Cl)C/C(C)=C/C=C/[C@@H](OC)[C@]2(O)CC(OC(=O)N2)[C@H](C)C2O[C@@]21C. The Balaban J connectivity index is 1.79. The fourth-order valence-corrected chi connectivity index (χ4v) is 6.16. The van der Waals surface area contributed by atoms with Gasteiger partial charge in [-0.15, -0.1) is 0 Å². The number of hydrogen-bond acceptors (Lipinski definition) is 9. The lowest BCUT2D eigenvalue weighted by Crippen LogP contribution is -2.63. The Bertz CT molecular complexity index is 1320. The van der Waals surface area contributed by atoms with E-state index in [1.54, 1.807) is 33.0 Å². The smallest absolute Gasteiger partial charge is 0.409 e. The molecule has 43 heavy (non-hydrogen) atoms. The first-order valence-corrected chi connectivity index (χ1v) is 14.7. The maximum atomic E-state index is 13.7. The van der Waals surface area contributed by atoms with Crippen LogP contribution >= 0.6 is 11.6 Å². The summed E-state index contributed by atoms with van der Waals surface area (Å²) in [6, 6.07) is 3.63. The van der Waals surface area contributed by atoms with Gasteiger partial charge in [0.25, 0.3) is 0 Å². The zero-order valence-corrected chi connectivity index (χ0v) is 26.4. The number of alkyl carbamates (subject to hydrolysis) is 1. The molecule has 0 radical (unpaired) electrons. The van der Waals surface area contributed by atoms with Gasteiger partial charge in [0.05, 0.1) is 25.3 Å². The molecule has 11 nitrogen and oxygen atoms in total. The van der Waals surface area contributed by atoms with Crippen molar-refractivity contribution in [1.29, 1.82) is 0 Å². The zero-order valence-electron chi connectivity index (χ0n) is 25.6. The summed E-state index contributed by atoms with van der Waals surface area (Å²) >= 11 is 6.66. The number of benzene rings is 1. The molecule has 2 amide bonds. The van der Waals surface area contributed by atoms with Crippen LogP contribution in [0, 0.1) is 5.92 Å². The van der Waals surface area contributed by atoms with Crippen LogP contribution in [0.1, 0.15) is 52.5 Å². The number of anilines is 1. The number of aliphatic hydroxyl groups is 1. The van der Waals surface area contributed by atoms with Crippen molar-refractivity contribution >= 4 is 35.3 Å². The number of amides is 2. The number of fused-ring (bicyclic) bond motifs is 5. The van der Waals surface area contributed by atoms with Crippen molar-refractivity contribution in [2.45, 2.75) is 89.1 Å². The lowest BCUT2D eigenvalue weighted by molar-refractivity contribution is -0.153. The number of nitrogens with zero attached hydrogens (tertiary/aromatic N) is 1. The third kappa shape index (κ3) is 6.85. The molecule has 2 saturated heterocycles. The number of halogens is 1. The lowest BCUT2D eigenvalue weighted by Gasteiger charge is -2.42. The van der Waals surface area contributed by atoms with Crippen LogP contribution in [0.15, 0.2) is 35.9 Å². The Labute approximate surface area is 257 Å². The number of epoxide rings is 1. The molecule has 3 heterocycles. The van der Waals surface area contributed by atoms with Gasteiger partial charge >= 0.3 is 12.1 Å². The summed E-state index contributed by atoms with van der Waals surface area (Å²) in [5.41, 5.74) is -0.564. The third-order valence-electron chi connectivity index (χ3n) is 8.51. The van der Waals surface area contributed by atoms with E-state index in [0.29, 0.717) is 17.9 Å². The molecule has 236 valence electrons. The van der Waals surface area contributed by atoms with Crippen LogP contribution < -0.4 is 15.0 Å². The lowest BCUT2D eigenvalue weighted by atomic mass is 9.83. The van der Waals surface area contributed by atoms with Crippen molar-refractivity contribution in [3.05, 3.63) is 46.5 Å². The van der Waals surface area contributed by atoms with Gasteiger partial charge in [0.2, 0.25) is 5.91 Å². The van der Waals surface area contributed by atoms with Gasteiger partial charge < -0.3 is 33.7 Å². The molecule has 12 heteroatoms. The molecule has 3 aliphatic rings. The Hall–Kier alpha value is -3.12. The van der Waals surface area contributed by atoms with Gasteiger partial charge in [-0.1, -0.05) is 49.2 Å². The number of nitrogens with one attached hydrogen (secondary N) is 1. The number of methoxy groups -OCH3 is 2. The molecule has 1 aromatic carbocycles. The predicted molar refractivity (Wildman–Crippen MR) is 159 cm³/mol. The van der Waals surface area contributed by atoms with Crippen LogP contribution in [-0.4, -0.2) is 80.1 Å². The van der Waals surface area contributed by atoms with Crippen LogP contribution in [0.4, 0.5) is 10.5 Å². The van der Waals surface area contributed by atoms with E-state index in [4.69, 9.17) is 35.3 Å². The summed E-state index contributed by atoms with van der Waals surface area (Å²) in [7, 11) is 4.56. The topological polar surface area (TPSA) is 136 Å². The van der Waals surface area contributed by atoms with Crippen LogP contribution in [-0.2, 0) is 35.0 Å². The number of hydrogen-bond donors (Lipinski definition) is 2. The molecule has 0 saturated carbocycles. The van der Waals surface area contributed by atoms with E-state index in [9.17, 15) is 19.5 Å². The molecule has 0 spiro atoms. The van der Waals surface area contributed by atoms with Crippen LogP contribution in [0.2, 0.25) is 5.02 Å². The second kappa shape index (κ2) is 12.9. The van der Waals surface area contributed by atoms with E-state index in [1.807, 2.05) is 32.1 Å². The van der Waals surface area contributed by atoms with Crippen LogP contribution in [0.3, 0.4) is 0 Å². The average molecular weight is 621 g/mol. The fourth-order valence-electron chi connectivity index (χ4n) is 5.85. The molecule has 2 fully saturated rings. The number of esters is 1. The molecule has 0 aromatic heterocycles. The molecular formula is C31H41ClN2O9. The molecule has 0 aliphatic carbocycles. The van der Waals surface area contributed by atoms with E-state index in [1.165, 1.54) is 19.1 Å². The predicted octanol–water partition coefficient (Wildman–Crippen LogP) is 4.08. The standard InChI is InChI=1S/C31H41ClN2O9/c1-8-26(36)42-24-15-25(35)34(5)20-13-19(14-21(39-6)27(20)32)12-17(2)10-9-11-23(40-7)31(38)16-22(41-29(37)33-31)18(3)28-30(24,4)43-28/h9-11,13-14,18,22-24,28,38H,8,12,15-16H2,1-7H3,(H,33,37)/b11-9+,17-10+/t18-,22?,23+,24+,28?,30+,31+/m0/s1. The number of carbonyl (C=O) groups is 3. The highest BCUT2D eigenvalue weighted by atomic mass is 35.5. The monoisotopic (exact) mass is 620 g/mol. The van der Waals surface area contributed by atoms with E-state index in [0.717, 1.165) is 11.1 Å². The highest BCUT2D eigenvalue weighted by molar-refractivity contribution is 6.35. The summed E-state index contributed by atoms with van der Waals surface area (Å²) in [6.07, 6.45) is 1.81. The highest BCUT2D eigenvalue weighted by Crippen LogP contribution is 2.49. The number of allylic oxidation sites excluding steroid dienone is 3. The molecule has 4 bridgehead atoms. The van der Waals surface area contributed by atoms with Gasteiger partial charge in [-0.05, 0) is 38.0 Å². The van der Waals surface area contributed by atoms with Crippen molar-refractivity contribution in [3.63, 3.8) is 0 Å². The van der Waals surface area contributed by atoms with E-state index in [2.05, 4.69) is 5.32 Å². The summed E-state index contributed by atoms with van der Waals surface area (Å²) in [5.74, 6) is -0.854. The molecule has 2 N–H and O–H groups in total. The maximum absolute atomic E-state index is 13.7. The molecule has 2 unspecified atom stereocenters. The van der Waals surface area contributed by atoms with Crippen molar-refractivity contribution in [2.24, 2.45) is 5.92 Å². The van der Waals surface area contributed by atoms with Gasteiger partial charge in [-0.3, -0.25) is 14.9 Å². The normalized spacial score (nSPS) is 35.0. The van der Waals surface area contributed by atoms with Gasteiger partial charge in [-0.25, -0.2) is 4.79 Å². The first kappa shape index (κ1) is 32.8. The highest BCUT2D eigenvalue weighted by Gasteiger charge is 2.64. The maximum Gasteiger partial charge on any atom is 0.409 e. The van der Waals surface area contributed by atoms with Crippen LogP contribution in [0.25, 0.3) is 0 Å². The minimum atomic E-state index is -1.76. The van der Waals surface area contributed by atoms with Crippen molar-refractivity contribution < 1.29 is 43.2 Å². The van der Waals surface area contributed by atoms with E-state index in [-0.39, 0.29) is 30.2 Å². The van der Waals surface area contributed by atoms with Gasteiger partial charge in [0.1, 0.15) is 34.7 Å². The molecular weight excluding hydrogens is 580 g/mol. The minimum Gasteiger partial charge on any atom is -0.495 e. The molecule has 3 aliphatic heterocycles. The van der Waals surface area contributed by atoms with Crippen molar-refractivity contribution in [3.8, 4) is 5.75 Å².